The van der Waals surface area contributed by atoms with E-state index in [-0.39, 0.29) is 5.91 Å². The maximum atomic E-state index is 11.8. The van der Waals surface area contributed by atoms with E-state index in [1.165, 1.54) is 0 Å². The predicted octanol–water partition coefficient (Wildman–Crippen LogP) is 1.74. The molecule has 3 N–H and O–H groups in total. The van der Waals surface area contributed by atoms with Gasteiger partial charge in [0, 0.05) is 31.7 Å². The molecule has 0 aliphatic heterocycles. The van der Waals surface area contributed by atoms with Crippen LogP contribution in [0.1, 0.15) is 6.42 Å². The standard InChI is InChI=1S/C14H23ClN4O/c1-18(2)8-9-19(3)7-6-14(20)17-11-4-5-12(15)13(16)10-11/h4-5,10H,6-9,16H2,1-3H3,(H,17,20). The van der Waals surface area contributed by atoms with E-state index >= 15 is 0 Å². The molecule has 5 nitrogen and oxygen atoms in total. The minimum atomic E-state index is -0.0246. The summed E-state index contributed by atoms with van der Waals surface area (Å²) in [7, 11) is 6.08. The van der Waals surface area contributed by atoms with E-state index in [9.17, 15) is 4.79 Å². The van der Waals surface area contributed by atoms with Crippen LogP contribution in [0.25, 0.3) is 0 Å². The van der Waals surface area contributed by atoms with Crippen LogP contribution in [0.15, 0.2) is 18.2 Å². The molecule has 0 fully saturated rings. The molecule has 0 heterocycles. The molecule has 0 radical (unpaired) electrons. The Morgan fingerprint density at radius 3 is 2.55 bits per heavy atom. The topological polar surface area (TPSA) is 61.6 Å². The Labute approximate surface area is 125 Å². The zero-order valence-corrected chi connectivity index (χ0v) is 13.1. The summed E-state index contributed by atoms with van der Waals surface area (Å²) in [6, 6.07) is 5.08. The quantitative estimate of drug-likeness (QED) is 0.753. The van der Waals surface area contributed by atoms with Gasteiger partial charge in [-0.1, -0.05) is 11.6 Å². The lowest BCUT2D eigenvalue weighted by Gasteiger charge is -2.18. The van der Waals surface area contributed by atoms with Crippen LogP contribution in [0, 0.1) is 0 Å². The summed E-state index contributed by atoms with van der Waals surface area (Å²) in [6.07, 6.45) is 0.451. The van der Waals surface area contributed by atoms with Gasteiger partial charge in [0.25, 0.3) is 0 Å². The van der Waals surface area contributed by atoms with Crippen molar-refractivity contribution in [3.63, 3.8) is 0 Å². The van der Waals surface area contributed by atoms with Gasteiger partial charge >= 0.3 is 0 Å². The number of amides is 1. The highest BCUT2D eigenvalue weighted by Gasteiger charge is 2.06. The lowest BCUT2D eigenvalue weighted by atomic mass is 10.2. The third-order valence-electron chi connectivity index (χ3n) is 2.93. The highest BCUT2D eigenvalue weighted by Crippen LogP contribution is 2.22. The number of nitrogens with zero attached hydrogens (tertiary/aromatic N) is 2. The van der Waals surface area contributed by atoms with Gasteiger partial charge in [0.2, 0.25) is 5.91 Å². The number of halogens is 1. The molecule has 1 aromatic carbocycles. The van der Waals surface area contributed by atoms with E-state index < -0.39 is 0 Å². The van der Waals surface area contributed by atoms with Crippen molar-refractivity contribution in [2.45, 2.75) is 6.42 Å². The first-order chi connectivity index (χ1) is 9.38. The van der Waals surface area contributed by atoms with Crippen LogP contribution < -0.4 is 11.1 Å². The van der Waals surface area contributed by atoms with Crippen LogP contribution in [-0.2, 0) is 4.79 Å². The molecule has 0 atom stereocenters. The van der Waals surface area contributed by atoms with Gasteiger partial charge in [-0.15, -0.1) is 0 Å². The molecule has 20 heavy (non-hydrogen) atoms. The maximum Gasteiger partial charge on any atom is 0.225 e. The van der Waals surface area contributed by atoms with Crippen molar-refractivity contribution in [3.05, 3.63) is 23.2 Å². The van der Waals surface area contributed by atoms with Crippen molar-refractivity contribution < 1.29 is 4.79 Å². The van der Waals surface area contributed by atoms with Crippen LogP contribution in [0.2, 0.25) is 5.02 Å². The lowest BCUT2D eigenvalue weighted by Crippen LogP contribution is -2.31. The summed E-state index contributed by atoms with van der Waals surface area (Å²) in [5, 5.41) is 3.31. The smallest absolute Gasteiger partial charge is 0.225 e. The van der Waals surface area contributed by atoms with Crippen LogP contribution in [0.3, 0.4) is 0 Å². The summed E-state index contributed by atoms with van der Waals surface area (Å²) >= 11 is 5.83. The highest BCUT2D eigenvalue weighted by molar-refractivity contribution is 6.33. The van der Waals surface area contributed by atoms with Crippen molar-refractivity contribution in [1.82, 2.24) is 9.80 Å². The molecule has 1 amide bonds. The molecule has 0 bridgehead atoms. The second-order valence-electron chi connectivity index (χ2n) is 5.14. The number of rotatable bonds is 7. The van der Waals surface area contributed by atoms with Gasteiger partial charge in [-0.25, -0.2) is 0 Å². The Morgan fingerprint density at radius 2 is 1.95 bits per heavy atom. The fourth-order valence-corrected chi connectivity index (χ4v) is 1.74. The number of benzene rings is 1. The third-order valence-corrected chi connectivity index (χ3v) is 3.27. The van der Waals surface area contributed by atoms with Gasteiger partial charge in [-0.3, -0.25) is 4.79 Å². The van der Waals surface area contributed by atoms with Gasteiger partial charge in [0.1, 0.15) is 0 Å². The van der Waals surface area contributed by atoms with Gasteiger partial charge < -0.3 is 20.9 Å². The molecule has 0 aliphatic rings. The first-order valence-corrected chi connectivity index (χ1v) is 6.94. The van der Waals surface area contributed by atoms with Crippen molar-refractivity contribution >= 4 is 28.9 Å². The van der Waals surface area contributed by atoms with E-state index in [1.807, 2.05) is 21.1 Å². The van der Waals surface area contributed by atoms with E-state index in [4.69, 9.17) is 17.3 Å². The largest absolute Gasteiger partial charge is 0.397 e. The number of nitrogens with two attached hydrogens (primary N) is 1. The van der Waals surface area contributed by atoms with E-state index in [1.54, 1.807) is 18.2 Å². The van der Waals surface area contributed by atoms with Crippen LogP contribution in [0.5, 0.6) is 0 Å². The number of anilines is 2. The Morgan fingerprint density at radius 1 is 1.25 bits per heavy atom. The maximum absolute atomic E-state index is 11.8. The van der Waals surface area contributed by atoms with Crippen molar-refractivity contribution in [2.24, 2.45) is 0 Å². The SMILES string of the molecule is CN(C)CCN(C)CCC(=O)Nc1ccc(Cl)c(N)c1. The zero-order valence-electron chi connectivity index (χ0n) is 12.3. The average molecular weight is 299 g/mol. The van der Waals surface area contributed by atoms with Crippen molar-refractivity contribution in [1.29, 1.82) is 0 Å². The molecule has 6 heteroatoms. The first-order valence-electron chi connectivity index (χ1n) is 6.56. The Kier molecular flexibility index (Phi) is 6.78. The monoisotopic (exact) mass is 298 g/mol. The molecule has 0 spiro atoms. The first kappa shape index (κ1) is 16.8. The summed E-state index contributed by atoms with van der Waals surface area (Å²) < 4.78 is 0. The number of hydrogen-bond donors (Lipinski definition) is 2. The number of nitrogen functional groups attached to an aromatic ring is 1. The molecule has 1 aromatic rings. The van der Waals surface area contributed by atoms with E-state index in [0.29, 0.717) is 22.8 Å². The summed E-state index contributed by atoms with van der Waals surface area (Å²) in [5.41, 5.74) is 6.83. The number of nitrogens with one attached hydrogen (secondary N) is 1. The molecular weight excluding hydrogens is 276 g/mol. The molecule has 0 aromatic heterocycles. The molecule has 0 saturated carbocycles. The summed E-state index contributed by atoms with van der Waals surface area (Å²) in [4.78, 5) is 16.1. The van der Waals surface area contributed by atoms with Crippen molar-refractivity contribution in [2.75, 3.05) is 51.8 Å². The molecular formula is C14H23ClN4O. The molecule has 112 valence electrons. The second-order valence-corrected chi connectivity index (χ2v) is 5.55. The minimum Gasteiger partial charge on any atom is -0.397 e. The highest BCUT2D eigenvalue weighted by atomic mass is 35.5. The molecule has 1 rings (SSSR count). The Bertz CT molecular complexity index is 451. The number of likely N-dealkylation sites (N-methyl/N-ethyl adjacent to an activating group) is 2. The van der Waals surface area contributed by atoms with Crippen LogP contribution >= 0.6 is 11.6 Å². The number of carbonyl (C=O) groups is 1. The van der Waals surface area contributed by atoms with Gasteiger partial charge in [0.05, 0.1) is 10.7 Å². The lowest BCUT2D eigenvalue weighted by molar-refractivity contribution is -0.116. The predicted molar refractivity (Wildman–Crippen MR) is 85.2 cm³/mol. The van der Waals surface area contributed by atoms with Gasteiger partial charge in [-0.2, -0.15) is 0 Å². The minimum absolute atomic E-state index is 0.0246. The van der Waals surface area contributed by atoms with Crippen LogP contribution in [-0.4, -0.2) is 56.5 Å². The van der Waals surface area contributed by atoms with E-state index in [0.717, 1.165) is 19.6 Å². The Balaban J connectivity index is 2.34. The molecule has 0 unspecified atom stereocenters. The molecule has 0 saturated heterocycles. The average Bonchev–Trinajstić information content (AvgIpc) is 2.38. The van der Waals surface area contributed by atoms with Gasteiger partial charge in [0.15, 0.2) is 0 Å². The summed E-state index contributed by atoms with van der Waals surface area (Å²) in [5.74, 6) is -0.0246. The summed E-state index contributed by atoms with van der Waals surface area (Å²) in [6.45, 7) is 2.64. The van der Waals surface area contributed by atoms with Crippen molar-refractivity contribution in [3.8, 4) is 0 Å². The number of hydrogen-bond acceptors (Lipinski definition) is 4. The van der Waals surface area contributed by atoms with E-state index in [2.05, 4.69) is 15.1 Å². The van der Waals surface area contributed by atoms with Crippen LogP contribution in [0.4, 0.5) is 11.4 Å². The Hall–Kier alpha value is -1.30. The second kappa shape index (κ2) is 8.09. The third kappa shape index (κ3) is 6.23. The fraction of sp³-hybridized carbons (Fsp3) is 0.500. The van der Waals surface area contributed by atoms with Gasteiger partial charge in [-0.05, 0) is 39.3 Å². The number of carbonyl (C=O) groups excluding carboxylic acids is 1. The molecule has 0 aliphatic carbocycles. The fourth-order valence-electron chi connectivity index (χ4n) is 1.62. The normalized spacial score (nSPS) is 11.1. The zero-order chi connectivity index (χ0) is 15.1.